The number of aromatic nitrogens is 2. The van der Waals surface area contributed by atoms with E-state index >= 15 is 0 Å². The molecule has 1 N–H and O–H groups in total. The van der Waals surface area contributed by atoms with Gasteiger partial charge in [-0.3, -0.25) is 9.78 Å². The molecule has 0 unspecified atom stereocenters. The number of thiazole rings is 1. The first-order valence-electron chi connectivity index (χ1n) is 14.3. The van der Waals surface area contributed by atoms with Crippen LogP contribution in [0.4, 0.5) is 18.9 Å². The van der Waals surface area contributed by atoms with Crippen molar-refractivity contribution >= 4 is 32.8 Å². The van der Waals surface area contributed by atoms with Gasteiger partial charge in [0.25, 0.3) is 0 Å². The third-order valence-electron chi connectivity index (χ3n) is 8.58. The number of hydrogen-bond acceptors (Lipinski definition) is 8. The minimum atomic E-state index is -4.50. The van der Waals surface area contributed by atoms with Crippen molar-refractivity contribution in [1.29, 1.82) is 5.26 Å². The number of anilines is 1. The Morgan fingerprint density at radius 2 is 1.77 bits per heavy atom. The third-order valence-corrected chi connectivity index (χ3v) is 11.3. The van der Waals surface area contributed by atoms with E-state index in [1.54, 1.807) is 0 Å². The summed E-state index contributed by atoms with van der Waals surface area (Å²) in [5, 5.41) is 13.0. The number of sulfone groups is 1. The zero-order chi connectivity index (χ0) is 30.4. The Labute approximate surface area is 251 Å². The van der Waals surface area contributed by atoms with Gasteiger partial charge in [0.15, 0.2) is 9.84 Å². The fourth-order valence-corrected chi connectivity index (χ4v) is 8.19. The van der Waals surface area contributed by atoms with E-state index in [1.807, 2.05) is 29.2 Å². The number of amides is 1. The van der Waals surface area contributed by atoms with Crippen molar-refractivity contribution in [3.05, 3.63) is 53.9 Å². The van der Waals surface area contributed by atoms with E-state index in [2.05, 4.69) is 16.4 Å². The summed E-state index contributed by atoms with van der Waals surface area (Å²) in [5.41, 5.74) is 1.14. The molecule has 3 heterocycles. The van der Waals surface area contributed by atoms with Crippen molar-refractivity contribution in [3.8, 4) is 27.2 Å². The lowest BCUT2D eigenvalue weighted by atomic mass is 9.76. The molecule has 2 aliphatic carbocycles. The number of benzene rings is 1. The van der Waals surface area contributed by atoms with Crippen LogP contribution in [0.1, 0.15) is 55.7 Å². The van der Waals surface area contributed by atoms with E-state index in [4.69, 9.17) is 4.98 Å². The molecule has 226 valence electrons. The Balaban J connectivity index is 1.35. The second-order valence-electron chi connectivity index (χ2n) is 11.5. The average molecular weight is 630 g/mol. The summed E-state index contributed by atoms with van der Waals surface area (Å²) in [4.78, 5) is 25.3. The van der Waals surface area contributed by atoms with Crippen LogP contribution >= 0.6 is 11.3 Å². The highest BCUT2D eigenvalue weighted by molar-refractivity contribution is 7.91. The second-order valence-corrected chi connectivity index (χ2v) is 14.8. The molecule has 43 heavy (non-hydrogen) atoms. The molecule has 0 radical (unpaired) electrons. The molecule has 2 aromatic heterocycles. The highest BCUT2D eigenvalue weighted by atomic mass is 32.2. The van der Waals surface area contributed by atoms with E-state index in [-0.39, 0.29) is 29.2 Å². The topological polar surface area (TPSA) is 116 Å². The lowest BCUT2D eigenvalue weighted by molar-refractivity contribution is -0.137. The van der Waals surface area contributed by atoms with Gasteiger partial charge in [-0.2, -0.15) is 18.4 Å². The van der Waals surface area contributed by atoms with E-state index in [1.165, 1.54) is 17.4 Å². The van der Waals surface area contributed by atoms with Crippen LogP contribution in [0, 0.1) is 17.2 Å². The van der Waals surface area contributed by atoms with Gasteiger partial charge in [-0.1, -0.05) is 25.0 Å². The van der Waals surface area contributed by atoms with Gasteiger partial charge < -0.3 is 10.2 Å². The predicted molar refractivity (Wildman–Crippen MR) is 157 cm³/mol. The van der Waals surface area contributed by atoms with Gasteiger partial charge in [-0.05, 0) is 55.5 Å². The van der Waals surface area contributed by atoms with Gasteiger partial charge in [0.05, 0.1) is 39.4 Å². The number of nitrogens with zero attached hydrogens (tertiary/aromatic N) is 4. The molecule has 1 aromatic carbocycles. The molecule has 3 aromatic rings. The zero-order valence-corrected chi connectivity index (χ0v) is 24.9. The molecule has 1 saturated heterocycles. The van der Waals surface area contributed by atoms with Gasteiger partial charge in [0, 0.05) is 36.8 Å². The summed E-state index contributed by atoms with van der Waals surface area (Å²) in [7, 11) is -3.02. The van der Waals surface area contributed by atoms with Gasteiger partial charge in [0.1, 0.15) is 10.5 Å². The second kappa shape index (κ2) is 11.2. The van der Waals surface area contributed by atoms with Gasteiger partial charge >= 0.3 is 6.18 Å². The normalized spacial score (nSPS) is 22.9. The monoisotopic (exact) mass is 629 g/mol. The number of pyridine rings is 1. The third kappa shape index (κ3) is 6.26. The molecule has 6 rings (SSSR count). The fourth-order valence-electron chi connectivity index (χ4n) is 5.87. The van der Waals surface area contributed by atoms with Gasteiger partial charge in [0.2, 0.25) is 5.91 Å². The standard InChI is InChI=1S/C30H30F3N5O3S2/c31-30(32,33)20-7-10-24(35-17-20)28-36-25(22-3-1-2-4-23(22)27(39)37-29(18-34)11-12-29)26(42-28)19-5-8-21(9-6-19)38-13-15-43(40,41)16-14-38/h5-10,17,22-23H,1-4,11-16H2,(H,37,39)/t22-,23-/m1/s1. The summed E-state index contributed by atoms with van der Waals surface area (Å²) in [5.74, 6) is -0.564. The number of halogens is 3. The molecule has 0 spiro atoms. The smallest absolute Gasteiger partial charge is 0.369 e. The van der Waals surface area contributed by atoms with Crippen LogP contribution in [0.3, 0.4) is 0 Å². The molecule has 2 atom stereocenters. The number of carbonyl (C=O) groups excluding carboxylic acids is 1. The van der Waals surface area contributed by atoms with Crippen LogP contribution in [0.2, 0.25) is 0 Å². The SMILES string of the molecule is N#CC1(NC(=O)[C@@H]2CCCC[C@H]2c2nc(-c3ccc(C(F)(F)F)cn3)sc2-c2ccc(N3CCS(=O)(=O)CC3)cc2)CC1. The summed E-state index contributed by atoms with van der Waals surface area (Å²) in [6.45, 7) is 0.834. The van der Waals surface area contributed by atoms with Crippen LogP contribution in [-0.2, 0) is 20.8 Å². The maximum absolute atomic E-state index is 13.5. The van der Waals surface area contributed by atoms with Crippen molar-refractivity contribution in [3.63, 3.8) is 0 Å². The largest absolute Gasteiger partial charge is 0.417 e. The predicted octanol–water partition coefficient (Wildman–Crippen LogP) is 5.57. The molecule has 13 heteroatoms. The van der Waals surface area contributed by atoms with E-state index in [0.717, 1.165) is 41.2 Å². The minimum Gasteiger partial charge on any atom is -0.369 e. The number of rotatable bonds is 6. The number of hydrogen-bond donors (Lipinski definition) is 1. The highest BCUT2D eigenvalue weighted by Gasteiger charge is 2.47. The van der Waals surface area contributed by atoms with Crippen molar-refractivity contribution < 1.29 is 26.4 Å². The van der Waals surface area contributed by atoms with Crippen LogP contribution in [0.5, 0.6) is 0 Å². The number of alkyl halides is 3. The van der Waals surface area contributed by atoms with Crippen LogP contribution in [0.25, 0.3) is 21.1 Å². The zero-order valence-electron chi connectivity index (χ0n) is 23.2. The minimum absolute atomic E-state index is 0.107. The number of nitriles is 1. The molecule has 0 bridgehead atoms. The van der Waals surface area contributed by atoms with Gasteiger partial charge in [-0.15, -0.1) is 11.3 Å². The van der Waals surface area contributed by atoms with E-state index < -0.39 is 27.1 Å². The van der Waals surface area contributed by atoms with Crippen LogP contribution in [0.15, 0.2) is 42.6 Å². The molecular weight excluding hydrogens is 599 g/mol. The first-order valence-corrected chi connectivity index (χ1v) is 16.9. The quantitative estimate of drug-likeness (QED) is 0.379. The Morgan fingerprint density at radius 1 is 1.07 bits per heavy atom. The number of carbonyl (C=O) groups is 1. The Morgan fingerprint density at radius 3 is 2.37 bits per heavy atom. The summed E-state index contributed by atoms with van der Waals surface area (Å²) < 4.78 is 63.3. The molecule has 1 aliphatic heterocycles. The summed E-state index contributed by atoms with van der Waals surface area (Å²) in [6, 6.07) is 12.3. The van der Waals surface area contributed by atoms with E-state index in [0.29, 0.717) is 55.2 Å². The van der Waals surface area contributed by atoms with Crippen molar-refractivity contribution in [2.45, 2.75) is 56.2 Å². The van der Waals surface area contributed by atoms with Crippen molar-refractivity contribution in [1.82, 2.24) is 15.3 Å². The molecule has 3 fully saturated rings. The van der Waals surface area contributed by atoms with E-state index in [9.17, 15) is 31.6 Å². The average Bonchev–Trinajstić information content (AvgIpc) is 3.63. The molecule has 1 amide bonds. The molecule has 3 aliphatic rings. The lowest BCUT2D eigenvalue weighted by Crippen LogP contribution is -2.42. The van der Waals surface area contributed by atoms with Crippen molar-refractivity contribution in [2.75, 3.05) is 29.5 Å². The first kappa shape index (κ1) is 29.6. The Bertz CT molecular complexity index is 1650. The lowest BCUT2D eigenvalue weighted by Gasteiger charge is -2.31. The highest BCUT2D eigenvalue weighted by Crippen LogP contribution is 2.46. The summed E-state index contributed by atoms with van der Waals surface area (Å²) in [6.07, 6.45) is 0.712. The number of nitrogens with one attached hydrogen (secondary N) is 1. The van der Waals surface area contributed by atoms with Crippen molar-refractivity contribution in [2.24, 2.45) is 5.92 Å². The first-order chi connectivity index (χ1) is 20.5. The molecule has 2 saturated carbocycles. The summed E-state index contributed by atoms with van der Waals surface area (Å²) >= 11 is 1.33. The maximum atomic E-state index is 13.5. The van der Waals surface area contributed by atoms with Crippen LogP contribution < -0.4 is 10.2 Å². The Kier molecular flexibility index (Phi) is 7.71. The molecule has 8 nitrogen and oxygen atoms in total. The van der Waals surface area contributed by atoms with Gasteiger partial charge in [-0.25, -0.2) is 13.4 Å². The van der Waals surface area contributed by atoms with Crippen LogP contribution in [-0.4, -0.2) is 54.4 Å². The Hall–Kier alpha value is -3.50. The maximum Gasteiger partial charge on any atom is 0.417 e. The molecular formula is C30H30F3N5O3S2. The fraction of sp³-hybridized carbons (Fsp3) is 0.467.